The van der Waals surface area contributed by atoms with E-state index >= 15 is 0 Å². The quantitative estimate of drug-likeness (QED) is 0.338. The summed E-state index contributed by atoms with van der Waals surface area (Å²) in [6, 6.07) is 1.80. The van der Waals surface area contributed by atoms with Crippen LogP contribution in [0.1, 0.15) is 19.8 Å². The predicted molar refractivity (Wildman–Crippen MR) is 96.5 cm³/mol. The van der Waals surface area contributed by atoms with E-state index in [0.29, 0.717) is 19.8 Å². The third-order valence-corrected chi connectivity index (χ3v) is 10.3. The van der Waals surface area contributed by atoms with Gasteiger partial charge in [0.05, 0.1) is 12.7 Å². The Morgan fingerprint density at radius 2 is 1.48 bits per heavy atom. The molecule has 0 aliphatic carbocycles. The van der Waals surface area contributed by atoms with Crippen molar-refractivity contribution in [3.63, 3.8) is 0 Å². The van der Waals surface area contributed by atoms with Gasteiger partial charge < -0.3 is 28.5 Å². The third kappa shape index (κ3) is 10.6. The van der Waals surface area contributed by atoms with Crippen molar-refractivity contribution >= 4 is 16.6 Å². The minimum Gasteiger partial charge on any atom is -0.400 e. The first-order chi connectivity index (χ1) is 10.8. The smallest absolute Gasteiger partial charge is 0.334 e. The van der Waals surface area contributed by atoms with Crippen molar-refractivity contribution in [1.29, 1.82) is 0 Å². The van der Waals surface area contributed by atoms with Crippen molar-refractivity contribution in [2.45, 2.75) is 51.1 Å². The number of aliphatic hydroxyl groups is 2. The van der Waals surface area contributed by atoms with Crippen LogP contribution >= 0.6 is 0 Å². The lowest BCUT2D eigenvalue weighted by Crippen LogP contribution is -2.40. The largest absolute Gasteiger partial charge is 0.400 e. The summed E-state index contributed by atoms with van der Waals surface area (Å²) in [5.41, 5.74) is 0. The van der Waals surface area contributed by atoms with Gasteiger partial charge in [-0.05, 0) is 32.4 Å². The summed E-state index contributed by atoms with van der Waals surface area (Å²) in [6.07, 6.45) is 2.12. The molecule has 23 heavy (non-hydrogen) atoms. The molecule has 0 aromatic carbocycles. The van der Waals surface area contributed by atoms with Gasteiger partial charge in [0, 0.05) is 39.9 Å². The molecule has 0 aromatic rings. The minimum atomic E-state index is -1.97. The SMILES string of the molecule is CO[Si](C)(CCCOCC(C)OCCC[Si](C)(CO)CO)OC. The maximum atomic E-state index is 9.28. The zero-order valence-electron chi connectivity index (χ0n) is 15.5. The van der Waals surface area contributed by atoms with E-state index in [9.17, 15) is 10.2 Å². The van der Waals surface area contributed by atoms with Gasteiger partial charge in [0.15, 0.2) is 0 Å². The molecule has 0 aliphatic rings. The molecule has 0 heterocycles. The van der Waals surface area contributed by atoms with Crippen molar-refractivity contribution in [3.8, 4) is 0 Å². The Hall–Kier alpha value is 0.194. The van der Waals surface area contributed by atoms with Gasteiger partial charge >= 0.3 is 8.56 Å². The molecule has 0 rings (SSSR count). The van der Waals surface area contributed by atoms with E-state index in [1.807, 2.05) is 13.5 Å². The van der Waals surface area contributed by atoms with Crippen LogP contribution in [0, 0.1) is 0 Å². The predicted octanol–water partition coefficient (Wildman–Crippen LogP) is 1.69. The molecule has 1 atom stereocenters. The molecular formula is C15H36O6Si2. The second kappa shape index (κ2) is 12.5. The van der Waals surface area contributed by atoms with Gasteiger partial charge in [-0.25, -0.2) is 0 Å². The second-order valence-electron chi connectivity index (χ2n) is 6.63. The highest BCUT2D eigenvalue weighted by atomic mass is 28.4. The van der Waals surface area contributed by atoms with Crippen molar-refractivity contribution in [2.75, 3.05) is 46.5 Å². The molecule has 140 valence electrons. The van der Waals surface area contributed by atoms with Crippen molar-refractivity contribution < 1.29 is 28.5 Å². The normalized spacial score (nSPS) is 14.2. The van der Waals surface area contributed by atoms with E-state index in [1.54, 1.807) is 14.2 Å². The van der Waals surface area contributed by atoms with Gasteiger partial charge in [0.25, 0.3) is 0 Å². The number of hydrogen-bond acceptors (Lipinski definition) is 6. The molecule has 0 aliphatic heterocycles. The molecule has 8 heteroatoms. The molecule has 0 amide bonds. The van der Waals surface area contributed by atoms with Gasteiger partial charge in [0.2, 0.25) is 0 Å². The molecule has 0 fully saturated rings. The summed E-state index contributed by atoms with van der Waals surface area (Å²) in [7, 11) is -0.420. The summed E-state index contributed by atoms with van der Waals surface area (Å²) in [5, 5.41) is 18.6. The third-order valence-electron chi connectivity index (χ3n) is 4.23. The average molecular weight is 369 g/mol. The summed E-state index contributed by atoms with van der Waals surface area (Å²) in [5.74, 6) is 0. The zero-order valence-corrected chi connectivity index (χ0v) is 17.5. The molecule has 0 bridgehead atoms. The van der Waals surface area contributed by atoms with E-state index in [0.717, 1.165) is 24.9 Å². The number of ether oxygens (including phenoxy) is 2. The van der Waals surface area contributed by atoms with Crippen LogP contribution in [-0.4, -0.2) is 79.5 Å². The first kappa shape index (κ1) is 23.2. The van der Waals surface area contributed by atoms with Crippen LogP contribution in [0.2, 0.25) is 25.2 Å². The van der Waals surface area contributed by atoms with Gasteiger partial charge in [-0.15, -0.1) is 0 Å². The van der Waals surface area contributed by atoms with Gasteiger partial charge in [-0.1, -0.05) is 12.6 Å². The molecule has 0 radical (unpaired) electrons. The molecule has 0 saturated heterocycles. The van der Waals surface area contributed by atoms with E-state index in [2.05, 4.69) is 6.55 Å². The molecule has 2 N–H and O–H groups in total. The van der Waals surface area contributed by atoms with Crippen molar-refractivity contribution in [2.24, 2.45) is 0 Å². The highest BCUT2D eigenvalue weighted by Crippen LogP contribution is 2.14. The zero-order chi connectivity index (χ0) is 17.8. The summed E-state index contributed by atoms with van der Waals surface area (Å²) < 4.78 is 22.2. The fourth-order valence-electron chi connectivity index (χ4n) is 2.07. The molecule has 6 nitrogen and oxygen atoms in total. The lowest BCUT2D eigenvalue weighted by Gasteiger charge is -2.23. The van der Waals surface area contributed by atoms with Gasteiger partial charge in [-0.3, -0.25) is 0 Å². The Kier molecular flexibility index (Phi) is 12.6. The second-order valence-corrected chi connectivity index (χ2v) is 15.0. The van der Waals surface area contributed by atoms with E-state index in [-0.39, 0.29) is 18.6 Å². The maximum Gasteiger partial charge on any atom is 0.334 e. The number of aliphatic hydroxyl groups excluding tert-OH is 2. The van der Waals surface area contributed by atoms with Crippen LogP contribution in [0.4, 0.5) is 0 Å². The van der Waals surface area contributed by atoms with Crippen LogP contribution in [0.5, 0.6) is 0 Å². The first-order valence-electron chi connectivity index (χ1n) is 8.36. The molecule has 0 aromatic heterocycles. The van der Waals surface area contributed by atoms with Gasteiger partial charge in [-0.2, -0.15) is 0 Å². The Labute approximate surface area is 143 Å². The monoisotopic (exact) mass is 368 g/mol. The summed E-state index contributed by atoms with van der Waals surface area (Å²) in [4.78, 5) is 0. The molecule has 0 spiro atoms. The van der Waals surface area contributed by atoms with E-state index in [4.69, 9.17) is 18.3 Å². The lowest BCUT2D eigenvalue weighted by atomic mass is 10.4. The number of hydrogen-bond donors (Lipinski definition) is 2. The highest BCUT2D eigenvalue weighted by molar-refractivity contribution is 6.78. The van der Waals surface area contributed by atoms with Crippen LogP contribution in [0.3, 0.4) is 0 Å². The van der Waals surface area contributed by atoms with Crippen LogP contribution in [0.25, 0.3) is 0 Å². The van der Waals surface area contributed by atoms with Gasteiger partial charge in [0.1, 0.15) is 8.07 Å². The molecular weight excluding hydrogens is 332 g/mol. The minimum absolute atomic E-state index is 0.0552. The van der Waals surface area contributed by atoms with Crippen LogP contribution in [0.15, 0.2) is 0 Å². The highest BCUT2D eigenvalue weighted by Gasteiger charge is 2.27. The Morgan fingerprint density at radius 3 is 2.00 bits per heavy atom. The standard InChI is InChI=1S/C15H36O6Si2/c1-15(21-9-7-10-22(4,13-16)14-17)12-20-8-6-11-23(5,18-2)19-3/h15-17H,6-14H2,1-5H3. The van der Waals surface area contributed by atoms with E-state index < -0.39 is 16.6 Å². The Morgan fingerprint density at radius 1 is 0.913 bits per heavy atom. The topological polar surface area (TPSA) is 77.4 Å². The van der Waals surface area contributed by atoms with Crippen molar-refractivity contribution in [3.05, 3.63) is 0 Å². The Bertz CT molecular complexity index is 285. The van der Waals surface area contributed by atoms with E-state index in [1.165, 1.54) is 0 Å². The fraction of sp³-hybridized carbons (Fsp3) is 1.00. The first-order valence-corrected chi connectivity index (χ1v) is 14.0. The lowest BCUT2D eigenvalue weighted by molar-refractivity contribution is -0.00656. The average Bonchev–Trinajstić information content (AvgIpc) is 2.57. The summed E-state index contributed by atoms with van der Waals surface area (Å²) in [6.45, 7) is 7.96. The number of rotatable bonds is 15. The van der Waals surface area contributed by atoms with Crippen molar-refractivity contribution in [1.82, 2.24) is 0 Å². The summed E-state index contributed by atoms with van der Waals surface area (Å²) >= 11 is 0. The molecule has 1 unspecified atom stereocenters. The van der Waals surface area contributed by atoms with Crippen LogP contribution in [-0.2, 0) is 18.3 Å². The maximum absolute atomic E-state index is 9.28. The van der Waals surface area contributed by atoms with Crippen LogP contribution < -0.4 is 0 Å². The molecule has 0 saturated carbocycles. The fourth-order valence-corrected chi connectivity index (χ4v) is 4.85. The Balaban J connectivity index is 3.63.